The summed E-state index contributed by atoms with van der Waals surface area (Å²) in [5.74, 6) is -0.0504. The predicted octanol–water partition coefficient (Wildman–Crippen LogP) is 3.58. The summed E-state index contributed by atoms with van der Waals surface area (Å²) in [5, 5.41) is 6.79. The van der Waals surface area contributed by atoms with Gasteiger partial charge in [-0.25, -0.2) is 0 Å². The molecule has 3 N–H and O–H groups in total. The van der Waals surface area contributed by atoms with E-state index in [1.54, 1.807) is 17.4 Å². The molecule has 0 unspecified atom stereocenters. The lowest BCUT2D eigenvalue weighted by atomic mass is 10.1. The molecule has 1 amide bonds. The Balaban J connectivity index is 2.12. The van der Waals surface area contributed by atoms with Gasteiger partial charge in [-0.2, -0.15) is 11.3 Å². The molecule has 18 heavy (non-hydrogen) atoms. The molecule has 1 aromatic heterocycles. The molecular weight excluding hydrogens is 312 g/mol. The predicted molar refractivity (Wildman–Crippen MR) is 79.9 cm³/mol. The Morgan fingerprint density at radius 2 is 2.28 bits per heavy atom. The molecule has 0 aliphatic heterocycles. The minimum atomic E-state index is -0.0504. The molecule has 0 aliphatic rings. The molecule has 2 aromatic rings. The zero-order valence-electron chi connectivity index (χ0n) is 9.87. The molecule has 1 aromatic carbocycles. The molecule has 94 valence electrons. The number of nitrogen functional groups attached to an aromatic ring is 1. The summed E-state index contributed by atoms with van der Waals surface area (Å²) in [7, 11) is 0. The van der Waals surface area contributed by atoms with Crippen molar-refractivity contribution in [3.63, 3.8) is 0 Å². The first-order valence-corrected chi connectivity index (χ1v) is 7.16. The summed E-state index contributed by atoms with van der Waals surface area (Å²) in [5.41, 5.74) is 9.13. The van der Waals surface area contributed by atoms with E-state index in [0.717, 1.165) is 15.6 Å². The third-order valence-corrected chi connectivity index (χ3v) is 3.73. The first-order chi connectivity index (χ1) is 8.56. The number of carbonyl (C=O) groups is 1. The van der Waals surface area contributed by atoms with Gasteiger partial charge >= 0.3 is 0 Å². The van der Waals surface area contributed by atoms with E-state index >= 15 is 0 Å². The highest BCUT2D eigenvalue weighted by Crippen LogP contribution is 2.27. The molecular formula is C13H13BrN2OS. The highest BCUT2D eigenvalue weighted by Gasteiger charge is 2.09. The Bertz CT molecular complexity index is 543. The van der Waals surface area contributed by atoms with E-state index in [2.05, 4.69) is 21.2 Å². The van der Waals surface area contributed by atoms with Gasteiger partial charge in [0.1, 0.15) is 0 Å². The van der Waals surface area contributed by atoms with Gasteiger partial charge in [0.25, 0.3) is 0 Å². The van der Waals surface area contributed by atoms with Crippen molar-refractivity contribution in [2.75, 3.05) is 11.1 Å². The zero-order chi connectivity index (χ0) is 13.1. The minimum absolute atomic E-state index is 0.0504. The number of aryl methyl sites for hydroxylation is 1. The van der Waals surface area contributed by atoms with Gasteiger partial charge in [0, 0.05) is 4.47 Å². The second-order valence-corrected chi connectivity index (χ2v) is 5.74. The second-order valence-electron chi connectivity index (χ2n) is 4.04. The number of benzene rings is 1. The van der Waals surface area contributed by atoms with Crippen molar-refractivity contribution in [2.45, 2.75) is 13.3 Å². The van der Waals surface area contributed by atoms with E-state index in [1.165, 1.54) is 0 Å². The fraction of sp³-hybridized carbons (Fsp3) is 0.154. The first kappa shape index (κ1) is 13.1. The monoisotopic (exact) mass is 324 g/mol. The van der Waals surface area contributed by atoms with Crippen LogP contribution in [0.4, 0.5) is 11.4 Å². The van der Waals surface area contributed by atoms with Crippen LogP contribution in [0.3, 0.4) is 0 Å². The Kier molecular flexibility index (Phi) is 4.04. The summed E-state index contributed by atoms with van der Waals surface area (Å²) in [4.78, 5) is 11.9. The van der Waals surface area contributed by atoms with Gasteiger partial charge in [-0.05, 0) is 47.0 Å². The largest absolute Gasteiger partial charge is 0.397 e. The molecule has 0 atom stereocenters. The fourth-order valence-corrected chi connectivity index (χ4v) is 2.96. The van der Waals surface area contributed by atoms with Gasteiger partial charge in [0.2, 0.25) is 5.91 Å². The molecule has 2 rings (SSSR count). The van der Waals surface area contributed by atoms with Crippen molar-refractivity contribution in [3.8, 4) is 0 Å². The lowest BCUT2D eigenvalue weighted by Crippen LogP contribution is -2.16. The molecule has 0 spiro atoms. The van der Waals surface area contributed by atoms with E-state index in [0.29, 0.717) is 17.8 Å². The Labute approximate surface area is 118 Å². The fourth-order valence-electron chi connectivity index (χ4n) is 1.70. The third kappa shape index (κ3) is 3.11. The van der Waals surface area contributed by atoms with Crippen LogP contribution in [-0.2, 0) is 11.2 Å². The molecule has 0 radical (unpaired) electrons. The van der Waals surface area contributed by atoms with Crippen LogP contribution in [0.2, 0.25) is 0 Å². The average molecular weight is 325 g/mol. The maximum Gasteiger partial charge on any atom is 0.228 e. The first-order valence-electron chi connectivity index (χ1n) is 5.43. The number of nitrogens with one attached hydrogen (secondary N) is 1. The summed E-state index contributed by atoms with van der Waals surface area (Å²) >= 11 is 4.96. The van der Waals surface area contributed by atoms with Gasteiger partial charge in [0.15, 0.2) is 0 Å². The third-order valence-electron chi connectivity index (χ3n) is 2.54. The van der Waals surface area contributed by atoms with E-state index in [9.17, 15) is 4.79 Å². The van der Waals surface area contributed by atoms with Crippen LogP contribution in [0, 0.1) is 6.92 Å². The summed E-state index contributed by atoms with van der Waals surface area (Å²) in [6, 6.07) is 5.66. The molecule has 3 nitrogen and oxygen atoms in total. The number of anilines is 2. The maximum atomic E-state index is 11.9. The highest BCUT2D eigenvalue weighted by atomic mass is 79.9. The zero-order valence-corrected chi connectivity index (χ0v) is 12.3. The number of halogens is 1. The number of thiophene rings is 1. The molecule has 1 heterocycles. The van der Waals surface area contributed by atoms with Crippen LogP contribution < -0.4 is 11.1 Å². The number of hydrogen-bond donors (Lipinski definition) is 2. The molecule has 0 saturated heterocycles. The van der Waals surface area contributed by atoms with Crippen molar-refractivity contribution in [1.29, 1.82) is 0 Å². The SMILES string of the molecule is Cc1cc(Br)cc(N)c1NC(=O)Cc1ccsc1. The Morgan fingerprint density at radius 1 is 1.50 bits per heavy atom. The van der Waals surface area contributed by atoms with Gasteiger partial charge < -0.3 is 11.1 Å². The number of carbonyl (C=O) groups excluding carboxylic acids is 1. The van der Waals surface area contributed by atoms with E-state index in [1.807, 2.05) is 29.8 Å². The van der Waals surface area contributed by atoms with Gasteiger partial charge in [-0.1, -0.05) is 15.9 Å². The van der Waals surface area contributed by atoms with Gasteiger partial charge in [-0.15, -0.1) is 0 Å². The summed E-state index contributed by atoms with van der Waals surface area (Å²) in [6.07, 6.45) is 0.373. The highest BCUT2D eigenvalue weighted by molar-refractivity contribution is 9.10. The smallest absolute Gasteiger partial charge is 0.228 e. The summed E-state index contributed by atoms with van der Waals surface area (Å²) in [6.45, 7) is 1.92. The van der Waals surface area contributed by atoms with E-state index < -0.39 is 0 Å². The van der Waals surface area contributed by atoms with Crippen LogP contribution >= 0.6 is 27.3 Å². The Hall–Kier alpha value is -1.33. The normalized spacial score (nSPS) is 10.3. The molecule has 0 bridgehead atoms. The van der Waals surface area contributed by atoms with E-state index in [-0.39, 0.29) is 5.91 Å². The topological polar surface area (TPSA) is 55.1 Å². The Morgan fingerprint density at radius 3 is 2.89 bits per heavy atom. The van der Waals surface area contributed by atoms with Crippen molar-refractivity contribution in [2.24, 2.45) is 0 Å². The van der Waals surface area contributed by atoms with E-state index in [4.69, 9.17) is 5.73 Å². The standard InChI is InChI=1S/C13H13BrN2OS/c1-8-4-10(14)6-11(15)13(8)16-12(17)5-9-2-3-18-7-9/h2-4,6-7H,5,15H2,1H3,(H,16,17). The quantitative estimate of drug-likeness (QED) is 0.848. The lowest BCUT2D eigenvalue weighted by Gasteiger charge is -2.11. The van der Waals surface area contributed by atoms with Crippen LogP contribution in [0.5, 0.6) is 0 Å². The summed E-state index contributed by atoms with van der Waals surface area (Å²) < 4.78 is 0.910. The van der Waals surface area contributed by atoms with Crippen LogP contribution in [-0.4, -0.2) is 5.91 Å². The number of amides is 1. The van der Waals surface area contributed by atoms with Crippen LogP contribution in [0.15, 0.2) is 33.4 Å². The molecule has 0 saturated carbocycles. The number of nitrogens with two attached hydrogens (primary N) is 1. The van der Waals surface area contributed by atoms with Crippen molar-refractivity contribution >= 4 is 44.5 Å². The van der Waals surface area contributed by atoms with Crippen molar-refractivity contribution < 1.29 is 4.79 Å². The molecule has 5 heteroatoms. The van der Waals surface area contributed by atoms with Gasteiger partial charge in [0.05, 0.1) is 17.8 Å². The van der Waals surface area contributed by atoms with Crippen LogP contribution in [0.1, 0.15) is 11.1 Å². The maximum absolute atomic E-state index is 11.9. The molecule has 0 aliphatic carbocycles. The average Bonchev–Trinajstić information content (AvgIpc) is 2.76. The van der Waals surface area contributed by atoms with Gasteiger partial charge in [-0.3, -0.25) is 4.79 Å². The second kappa shape index (κ2) is 5.54. The van der Waals surface area contributed by atoms with Crippen molar-refractivity contribution in [1.82, 2.24) is 0 Å². The lowest BCUT2D eigenvalue weighted by molar-refractivity contribution is -0.115. The number of hydrogen-bond acceptors (Lipinski definition) is 3. The van der Waals surface area contributed by atoms with Crippen molar-refractivity contribution in [3.05, 3.63) is 44.6 Å². The molecule has 0 fully saturated rings. The number of rotatable bonds is 3. The van der Waals surface area contributed by atoms with Crippen LogP contribution in [0.25, 0.3) is 0 Å². The minimum Gasteiger partial charge on any atom is -0.397 e.